The standard InChI is InChI=1S/C16H26BrNO/c1-5-6-7-10-18(12(2)3)14-8-9-15(13(4)19)16(17)11-14/h8-9,11-13,19H,5-7,10H2,1-4H3. The molecule has 108 valence electrons. The van der Waals surface area contributed by atoms with Crippen molar-refractivity contribution in [1.82, 2.24) is 0 Å². The van der Waals surface area contributed by atoms with Crippen LogP contribution in [0.15, 0.2) is 22.7 Å². The van der Waals surface area contributed by atoms with Crippen LogP contribution in [0, 0.1) is 0 Å². The quantitative estimate of drug-likeness (QED) is 0.719. The summed E-state index contributed by atoms with van der Waals surface area (Å²) in [5.41, 5.74) is 2.17. The van der Waals surface area contributed by atoms with Crippen LogP contribution in [0.1, 0.15) is 58.6 Å². The lowest BCUT2D eigenvalue weighted by Crippen LogP contribution is -2.31. The lowest BCUT2D eigenvalue weighted by molar-refractivity contribution is 0.198. The van der Waals surface area contributed by atoms with Gasteiger partial charge in [-0.25, -0.2) is 0 Å². The smallest absolute Gasteiger partial charge is 0.0772 e. The molecule has 1 atom stereocenters. The van der Waals surface area contributed by atoms with E-state index in [9.17, 15) is 5.11 Å². The molecule has 0 bridgehead atoms. The highest BCUT2D eigenvalue weighted by Crippen LogP contribution is 2.29. The van der Waals surface area contributed by atoms with Gasteiger partial charge in [0.25, 0.3) is 0 Å². The van der Waals surface area contributed by atoms with Crippen LogP contribution < -0.4 is 4.90 Å². The van der Waals surface area contributed by atoms with Crippen molar-refractivity contribution < 1.29 is 5.11 Å². The summed E-state index contributed by atoms with van der Waals surface area (Å²) in [6, 6.07) is 6.73. The zero-order valence-corrected chi connectivity index (χ0v) is 14.1. The van der Waals surface area contributed by atoms with Crippen molar-refractivity contribution in [1.29, 1.82) is 0 Å². The van der Waals surface area contributed by atoms with Crippen LogP contribution in [0.3, 0.4) is 0 Å². The molecule has 2 nitrogen and oxygen atoms in total. The molecule has 0 saturated carbocycles. The van der Waals surface area contributed by atoms with E-state index in [1.165, 1.54) is 24.9 Å². The Morgan fingerprint density at radius 3 is 2.37 bits per heavy atom. The molecule has 0 amide bonds. The molecular weight excluding hydrogens is 302 g/mol. The van der Waals surface area contributed by atoms with E-state index in [1.807, 2.05) is 6.07 Å². The summed E-state index contributed by atoms with van der Waals surface area (Å²) in [7, 11) is 0. The highest BCUT2D eigenvalue weighted by molar-refractivity contribution is 9.10. The number of aliphatic hydroxyl groups is 1. The van der Waals surface area contributed by atoms with Gasteiger partial charge in [0.2, 0.25) is 0 Å². The fraction of sp³-hybridized carbons (Fsp3) is 0.625. The van der Waals surface area contributed by atoms with Gasteiger partial charge in [-0.3, -0.25) is 0 Å². The Hall–Kier alpha value is -0.540. The minimum Gasteiger partial charge on any atom is -0.389 e. The first-order valence-electron chi connectivity index (χ1n) is 7.21. The van der Waals surface area contributed by atoms with Crippen molar-refractivity contribution in [2.45, 2.75) is 59.1 Å². The molecule has 3 heteroatoms. The number of hydrogen-bond donors (Lipinski definition) is 1. The van der Waals surface area contributed by atoms with Crippen molar-refractivity contribution >= 4 is 21.6 Å². The molecule has 0 heterocycles. The van der Waals surface area contributed by atoms with Crippen molar-refractivity contribution in [2.75, 3.05) is 11.4 Å². The van der Waals surface area contributed by atoms with E-state index >= 15 is 0 Å². The van der Waals surface area contributed by atoms with E-state index in [0.29, 0.717) is 6.04 Å². The normalized spacial score (nSPS) is 12.8. The molecule has 19 heavy (non-hydrogen) atoms. The van der Waals surface area contributed by atoms with E-state index in [0.717, 1.165) is 16.6 Å². The maximum Gasteiger partial charge on any atom is 0.0772 e. The zero-order valence-electron chi connectivity index (χ0n) is 12.5. The van der Waals surface area contributed by atoms with E-state index in [1.54, 1.807) is 6.92 Å². The zero-order chi connectivity index (χ0) is 14.4. The minimum atomic E-state index is -0.434. The fourth-order valence-corrected chi connectivity index (χ4v) is 2.95. The maximum atomic E-state index is 9.67. The third-order valence-electron chi connectivity index (χ3n) is 3.39. The molecule has 1 aromatic rings. The van der Waals surface area contributed by atoms with Crippen LogP contribution in [0.2, 0.25) is 0 Å². The first-order valence-corrected chi connectivity index (χ1v) is 8.00. The Labute approximate surface area is 126 Å². The first-order chi connectivity index (χ1) is 8.97. The number of nitrogens with zero attached hydrogens (tertiary/aromatic N) is 1. The van der Waals surface area contributed by atoms with Gasteiger partial charge in [-0.1, -0.05) is 41.8 Å². The van der Waals surface area contributed by atoms with Crippen LogP contribution in [-0.2, 0) is 0 Å². The van der Waals surface area contributed by atoms with Gasteiger partial charge in [0.1, 0.15) is 0 Å². The Kier molecular flexibility index (Phi) is 6.87. The molecule has 0 aromatic heterocycles. The van der Waals surface area contributed by atoms with Gasteiger partial charge in [-0.2, -0.15) is 0 Å². The van der Waals surface area contributed by atoms with E-state index in [-0.39, 0.29) is 0 Å². The number of anilines is 1. The summed E-state index contributed by atoms with van der Waals surface area (Å²) in [6.45, 7) is 9.56. The van der Waals surface area contributed by atoms with E-state index in [4.69, 9.17) is 0 Å². The largest absolute Gasteiger partial charge is 0.389 e. The van der Waals surface area contributed by atoms with Gasteiger partial charge < -0.3 is 10.0 Å². The Balaban J connectivity index is 2.87. The Morgan fingerprint density at radius 1 is 1.21 bits per heavy atom. The van der Waals surface area contributed by atoms with Crippen LogP contribution in [0.5, 0.6) is 0 Å². The lowest BCUT2D eigenvalue weighted by Gasteiger charge is -2.29. The van der Waals surface area contributed by atoms with Gasteiger partial charge in [0.15, 0.2) is 0 Å². The summed E-state index contributed by atoms with van der Waals surface area (Å²) in [5.74, 6) is 0. The SMILES string of the molecule is CCCCCN(c1ccc(C(C)O)c(Br)c1)C(C)C. The molecule has 0 fully saturated rings. The first kappa shape index (κ1) is 16.5. The maximum absolute atomic E-state index is 9.67. The van der Waals surface area contributed by atoms with Crippen molar-refractivity contribution in [3.63, 3.8) is 0 Å². The Bertz CT molecular complexity index is 390. The molecule has 0 saturated heterocycles. The van der Waals surface area contributed by atoms with Crippen LogP contribution in [0.4, 0.5) is 5.69 Å². The van der Waals surface area contributed by atoms with E-state index < -0.39 is 6.10 Å². The fourth-order valence-electron chi connectivity index (χ4n) is 2.25. The van der Waals surface area contributed by atoms with Crippen LogP contribution >= 0.6 is 15.9 Å². The molecule has 1 rings (SSSR count). The minimum absolute atomic E-state index is 0.434. The molecule has 0 aliphatic heterocycles. The summed E-state index contributed by atoms with van der Waals surface area (Å²) in [4.78, 5) is 2.42. The molecule has 0 radical (unpaired) electrons. The predicted molar refractivity (Wildman–Crippen MR) is 86.8 cm³/mol. The molecule has 1 N–H and O–H groups in total. The van der Waals surface area contributed by atoms with Gasteiger partial charge in [0.05, 0.1) is 6.10 Å². The van der Waals surface area contributed by atoms with Crippen molar-refractivity contribution in [2.24, 2.45) is 0 Å². The molecule has 1 unspecified atom stereocenters. The second-order valence-corrected chi connectivity index (χ2v) is 6.23. The monoisotopic (exact) mass is 327 g/mol. The number of benzene rings is 1. The third kappa shape index (κ3) is 4.81. The highest BCUT2D eigenvalue weighted by atomic mass is 79.9. The second-order valence-electron chi connectivity index (χ2n) is 5.38. The summed E-state index contributed by atoms with van der Waals surface area (Å²) in [5, 5.41) is 9.67. The summed E-state index contributed by atoms with van der Waals surface area (Å²) in [6.07, 6.45) is 3.31. The number of hydrogen-bond acceptors (Lipinski definition) is 2. The van der Waals surface area contributed by atoms with Gasteiger partial charge in [-0.15, -0.1) is 0 Å². The predicted octanol–water partition coefficient (Wildman–Crippen LogP) is 4.91. The average Bonchev–Trinajstić information content (AvgIpc) is 2.33. The van der Waals surface area contributed by atoms with Gasteiger partial charge >= 0.3 is 0 Å². The number of aliphatic hydroxyl groups excluding tert-OH is 1. The van der Waals surface area contributed by atoms with Crippen molar-refractivity contribution in [3.05, 3.63) is 28.2 Å². The topological polar surface area (TPSA) is 23.5 Å². The molecule has 1 aromatic carbocycles. The number of unbranched alkanes of at least 4 members (excludes halogenated alkanes) is 2. The Morgan fingerprint density at radius 2 is 1.89 bits per heavy atom. The average molecular weight is 328 g/mol. The lowest BCUT2D eigenvalue weighted by atomic mass is 10.1. The van der Waals surface area contributed by atoms with Crippen LogP contribution in [-0.4, -0.2) is 17.7 Å². The number of rotatable bonds is 7. The number of halogens is 1. The molecule has 0 aliphatic carbocycles. The van der Waals surface area contributed by atoms with Crippen molar-refractivity contribution in [3.8, 4) is 0 Å². The van der Waals surface area contributed by atoms with Gasteiger partial charge in [-0.05, 0) is 44.9 Å². The van der Waals surface area contributed by atoms with Crippen LogP contribution in [0.25, 0.3) is 0 Å². The molecule has 0 spiro atoms. The second kappa shape index (κ2) is 7.91. The van der Waals surface area contributed by atoms with Gasteiger partial charge in [0, 0.05) is 22.7 Å². The summed E-state index contributed by atoms with van der Waals surface area (Å²) >= 11 is 3.56. The summed E-state index contributed by atoms with van der Waals surface area (Å²) < 4.78 is 0.987. The molecular formula is C16H26BrNO. The highest BCUT2D eigenvalue weighted by Gasteiger charge is 2.13. The third-order valence-corrected chi connectivity index (χ3v) is 4.08. The molecule has 0 aliphatic rings. The van der Waals surface area contributed by atoms with E-state index in [2.05, 4.69) is 53.7 Å².